The van der Waals surface area contributed by atoms with Crippen LogP contribution in [0.2, 0.25) is 5.15 Å². The maximum atomic E-state index is 5.88. The van der Waals surface area contributed by atoms with Gasteiger partial charge in [-0.1, -0.05) is 11.6 Å². The molecule has 16 heavy (non-hydrogen) atoms. The molecule has 0 saturated heterocycles. The number of anilines is 1. The van der Waals surface area contributed by atoms with Gasteiger partial charge in [-0.3, -0.25) is 0 Å². The number of nitrogens with zero attached hydrogens (tertiary/aromatic N) is 2. The van der Waals surface area contributed by atoms with Crippen molar-refractivity contribution < 1.29 is 0 Å². The molecule has 1 aromatic heterocycles. The topological polar surface area (TPSA) is 63.8 Å². The molecule has 4 nitrogen and oxygen atoms in total. The number of nitrogens with one attached hydrogen (secondary N) is 1. The minimum absolute atomic E-state index is 0.361. The molecule has 0 aromatic carbocycles. The smallest absolute Gasteiger partial charge is 0.224 e. The molecule has 0 unspecified atom stereocenters. The third-order valence-corrected chi connectivity index (χ3v) is 3.12. The van der Waals surface area contributed by atoms with Crippen molar-refractivity contribution in [2.45, 2.75) is 44.7 Å². The number of aromatic nitrogens is 2. The molecular weight excluding hydrogens is 224 g/mol. The van der Waals surface area contributed by atoms with E-state index in [0.29, 0.717) is 23.2 Å². The zero-order valence-electron chi connectivity index (χ0n) is 9.41. The summed E-state index contributed by atoms with van der Waals surface area (Å²) in [4.78, 5) is 8.47. The van der Waals surface area contributed by atoms with Gasteiger partial charge >= 0.3 is 0 Å². The first-order valence-corrected chi connectivity index (χ1v) is 6.04. The van der Waals surface area contributed by atoms with Crippen LogP contribution in [0.15, 0.2) is 6.07 Å². The third kappa shape index (κ3) is 3.06. The highest BCUT2D eigenvalue weighted by molar-refractivity contribution is 6.29. The van der Waals surface area contributed by atoms with Crippen molar-refractivity contribution in [3.8, 4) is 0 Å². The second kappa shape index (κ2) is 4.97. The van der Waals surface area contributed by atoms with Gasteiger partial charge in [0.1, 0.15) is 5.15 Å². The van der Waals surface area contributed by atoms with E-state index in [9.17, 15) is 0 Å². The summed E-state index contributed by atoms with van der Waals surface area (Å²) in [7, 11) is 0. The van der Waals surface area contributed by atoms with Crippen LogP contribution >= 0.6 is 11.6 Å². The predicted octanol–water partition coefficient (Wildman–Crippen LogP) is 2.12. The summed E-state index contributed by atoms with van der Waals surface area (Å²) in [5.41, 5.74) is 6.74. The van der Waals surface area contributed by atoms with Gasteiger partial charge in [0.25, 0.3) is 0 Å². The molecule has 3 N–H and O–H groups in total. The van der Waals surface area contributed by atoms with Gasteiger partial charge in [-0.25, -0.2) is 9.97 Å². The Morgan fingerprint density at radius 1 is 1.31 bits per heavy atom. The summed E-state index contributed by atoms with van der Waals surface area (Å²) in [6.45, 7) is 1.91. The molecule has 1 heterocycles. The molecule has 0 radical (unpaired) electrons. The second-order valence-corrected chi connectivity index (χ2v) is 4.80. The molecule has 1 aromatic rings. The zero-order chi connectivity index (χ0) is 11.5. The molecule has 0 aliphatic heterocycles. The van der Waals surface area contributed by atoms with Crippen LogP contribution in [0, 0.1) is 6.92 Å². The Morgan fingerprint density at radius 3 is 2.62 bits per heavy atom. The Morgan fingerprint density at radius 2 is 2.00 bits per heavy atom. The normalized spacial score (nSPS) is 25.4. The van der Waals surface area contributed by atoms with E-state index >= 15 is 0 Å². The van der Waals surface area contributed by atoms with Crippen LogP contribution < -0.4 is 11.1 Å². The maximum Gasteiger partial charge on any atom is 0.224 e. The van der Waals surface area contributed by atoms with Crippen molar-refractivity contribution in [3.05, 3.63) is 16.9 Å². The van der Waals surface area contributed by atoms with Gasteiger partial charge in [0.15, 0.2) is 0 Å². The van der Waals surface area contributed by atoms with Crippen molar-refractivity contribution in [2.24, 2.45) is 5.73 Å². The lowest BCUT2D eigenvalue weighted by Crippen LogP contribution is -2.33. The average molecular weight is 241 g/mol. The van der Waals surface area contributed by atoms with Gasteiger partial charge in [0.05, 0.1) is 0 Å². The van der Waals surface area contributed by atoms with Gasteiger partial charge in [0, 0.05) is 17.8 Å². The Bertz CT molecular complexity index is 341. The Balaban J connectivity index is 1.98. The molecule has 5 heteroatoms. The van der Waals surface area contributed by atoms with Crippen LogP contribution in [-0.2, 0) is 0 Å². The molecule has 88 valence electrons. The molecule has 1 fully saturated rings. The first-order valence-electron chi connectivity index (χ1n) is 5.67. The number of nitrogens with two attached hydrogens (primary N) is 1. The van der Waals surface area contributed by atoms with Crippen LogP contribution in [-0.4, -0.2) is 22.1 Å². The summed E-state index contributed by atoms with van der Waals surface area (Å²) in [6.07, 6.45) is 4.29. The molecule has 1 saturated carbocycles. The van der Waals surface area contributed by atoms with E-state index in [1.54, 1.807) is 6.07 Å². The molecule has 0 spiro atoms. The zero-order valence-corrected chi connectivity index (χ0v) is 10.2. The minimum Gasteiger partial charge on any atom is -0.351 e. The number of aryl methyl sites for hydroxylation is 1. The quantitative estimate of drug-likeness (QED) is 0.778. The average Bonchev–Trinajstić information content (AvgIpc) is 2.20. The van der Waals surface area contributed by atoms with Crippen molar-refractivity contribution in [3.63, 3.8) is 0 Å². The minimum atomic E-state index is 0.361. The molecule has 0 bridgehead atoms. The van der Waals surface area contributed by atoms with E-state index in [1.165, 1.54) is 0 Å². The number of hydrogen-bond donors (Lipinski definition) is 2. The van der Waals surface area contributed by atoms with E-state index in [0.717, 1.165) is 31.4 Å². The molecule has 0 amide bonds. The van der Waals surface area contributed by atoms with E-state index in [2.05, 4.69) is 15.3 Å². The summed E-state index contributed by atoms with van der Waals surface area (Å²) in [6, 6.07) is 2.54. The standard InChI is InChI=1S/C11H17ClN4/c1-7-6-10(12)16-11(14-7)15-9-4-2-8(13)3-5-9/h6,8-9H,2-5,13H2,1H3,(H,14,15,16). The lowest BCUT2D eigenvalue weighted by molar-refractivity contribution is 0.410. The summed E-state index contributed by atoms with van der Waals surface area (Å²) < 4.78 is 0. The number of hydrogen-bond acceptors (Lipinski definition) is 4. The molecular formula is C11H17ClN4. The van der Waals surface area contributed by atoms with Gasteiger partial charge < -0.3 is 11.1 Å². The van der Waals surface area contributed by atoms with Crippen molar-refractivity contribution in [1.29, 1.82) is 0 Å². The van der Waals surface area contributed by atoms with Crippen molar-refractivity contribution in [1.82, 2.24) is 9.97 Å². The van der Waals surface area contributed by atoms with Crippen LogP contribution in [0.25, 0.3) is 0 Å². The van der Waals surface area contributed by atoms with Gasteiger partial charge in [0.2, 0.25) is 5.95 Å². The van der Waals surface area contributed by atoms with Crippen LogP contribution in [0.4, 0.5) is 5.95 Å². The van der Waals surface area contributed by atoms with Gasteiger partial charge in [-0.15, -0.1) is 0 Å². The third-order valence-electron chi connectivity index (χ3n) is 2.93. The summed E-state index contributed by atoms with van der Waals surface area (Å²) in [5, 5.41) is 3.81. The molecule has 0 atom stereocenters. The second-order valence-electron chi connectivity index (χ2n) is 4.41. The first-order chi connectivity index (χ1) is 7.63. The summed E-state index contributed by atoms with van der Waals surface area (Å²) >= 11 is 5.88. The lowest BCUT2D eigenvalue weighted by atomic mass is 9.92. The van der Waals surface area contributed by atoms with Gasteiger partial charge in [-0.2, -0.15) is 0 Å². The van der Waals surface area contributed by atoms with Crippen molar-refractivity contribution in [2.75, 3.05) is 5.32 Å². The highest BCUT2D eigenvalue weighted by atomic mass is 35.5. The highest BCUT2D eigenvalue weighted by Crippen LogP contribution is 2.20. The van der Waals surface area contributed by atoms with Crippen LogP contribution in [0.3, 0.4) is 0 Å². The largest absolute Gasteiger partial charge is 0.351 e. The highest BCUT2D eigenvalue weighted by Gasteiger charge is 2.19. The molecule has 1 aliphatic carbocycles. The van der Waals surface area contributed by atoms with Crippen LogP contribution in [0.5, 0.6) is 0 Å². The SMILES string of the molecule is Cc1cc(Cl)nc(NC2CCC(N)CC2)n1. The van der Waals surface area contributed by atoms with Gasteiger partial charge in [-0.05, 0) is 38.7 Å². The van der Waals surface area contributed by atoms with Crippen LogP contribution in [0.1, 0.15) is 31.4 Å². The Hall–Kier alpha value is -0.870. The predicted molar refractivity (Wildman–Crippen MR) is 65.6 cm³/mol. The fourth-order valence-corrected chi connectivity index (χ4v) is 2.28. The van der Waals surface area contributed by atoms with E-state index in [1.807, 2.05) is 6.92 Å². The molecule has 1 aliphatic rings. The fraction of sp³-hybridized carbons (Fsp3) is 0.636. The first kappa shape index (κ1) is 11.6. The number of halogens is 1. The van der Waals surface area contributed by atoms with E-state index in [-0.39, 0.29) is 0 Å². The Labute approximate surface area is 101 Å². The lowest BCUT2D eigenvalue weighted by Gasteiger charge is -2.26. The van der Waals surface area contributed by atoms with Crippen molar-refractivity contribution >= 4 is 17.5 Å². The monoisotopic (exact) mass is 240 g/mol. The Kier molecular flexibility index (Phi) is 3.61. The van der Waals surface area contributed by atoms with E-state index in [4.69, 9.17) is 17.3 Å². The van der Waals surface area contributed by atoms with E-state index < -0.39 is 0 Å². The maximum absolute atomic E-state index is 5.88. The molecule has 2 rings (SSSR count). The summed E-state index contributed by atoms with van der Waals surface area (Å²) in [5.74, 6) is 0.630. The number of rotatable bonds is 2. The fourth-order valence-electron chi connectivity index (χ4n) is 2.04.